The summed E-state index contributed by atoms with van der Waals surface area (Å²) in [6.07, 6.45) is 0.870. The molecule has 0 unspecified atom stereocenters. The molecule has 8 rings (SSSR count). The maximum Gasteiger partial charge on any atom is 0.319 e. The predicted octanol–water partition coefficient (Wildman–Crippen LogP) is 9.80. The number of anilines is 1. The van der Waals surface area contributed by atoms with Gasteiger partial charge in [0.25, 0.3) is 0 Å². The van der Waals surface area contributed by atoms with Crippen molar-refractivity contribution in [2.24, 2.45) is 5.92 Å². The van der Waals surface area contributed by atoms with E-state index in [4.69, 9.17) is 14.2 Å². The fourth-order valence-electron chi connectivity index (χ4n) is 7.04. The van der Waals surface area contributed by atoms with Crippen molar-refractivity contribution in [2.75, 3.05) is 5.32 Å². The van der Waals surface area contributed by atoms with E-state index in [1.54, 1.807) is 0 Å². The van der Waals surface area contributed by atoms with Crippen molar-refractivity contribution in [1.82, 2.24) is 14.9 Å². The maximum atomic E-state index is 12.9. The van der Waals surface area contributed by atoms with Crippen LogP contribution in [0.15, 0.2) is 158 Å². The van der Waals surface area contributed by atoms with E-state index in [9.17, 15) is 9.90 Å². The van der Waals surface area contributed by atoms with Gasteiger partial charge in [-0.15, -0.1) is 0 Å². The van der Waals surface area contributed by atoms with Gasteiger partial charge in [-0.25, -0.2) is 9.78 Å². The predicted molar refractivity (Wildman–Crippen MR) is 213 cm³/mol. The van der Waals surface area contributed by atoms with Gasteiger partial charge in [-0.1, -0.05) is 110 Å². The van der Waals surface area contributed by atoms with Crippen molar-refractivity contribution in [3.8, 4) is 22.6 Å². The molecule has 1 aliphatic heterocycles. The Kier molecular flexibility index (Phi) is 10.7. The molecule has 0 bridgehead atoms. The molecule has 2 amide bonds. The number of nitrogens with one attached hydrogen (secondary N) is 2. The zero-order chi connectivity index (χ0) is 37.6. The summed E-state index contributed by atoms with van der Waals surface area (Å²) >= 11 is 0. The third-order valence-corrected chi connectivity index (χ3v) is 10.1. The molecule has 1 fully saturated rings. The van der Waals surface area contributed by atoms with Crippen LogP contribution >= 0.6 is 0 Å². The van der Waals surface area contributed by atoms with Gasteiger partial charge in [0.15, 0.2) is 6.29 Å². The lowest BCUT2D eigenvalue weighted by Gasteiger charge is -2.41. The topological polar surface area (TPSA) is 107 Å². The highest BCUT2D eigenvalue weighted by Crippen LogP contribution is 2.42. The minimum atomic E-state index is -0.605. The molecule has 9 heteroatoms. The number of urea groups is 1. The van der Waals surface area contributed by atoms with Crippen LogP contribution in [0.3, 0.4) is 0 Å². The molecule has 9 nitrogen and oxygen atoms in total. The number of nitrogens with zero attached hydrogens (tertiary/aromatic N) is 2. The molecule has 0 spiro atoms. The number of aromatic nitrogens is 2. The second kappa shape index (κ2) is 16.4. The summed E-state index contributed by atoms with van der Waals surface area (Å²) in [6, 6.07) is 48.9. The Hall–Kier alpha value is -6.26. The number of hydrogen-bond acceptors (Lipinski definition) is 6. The first-order chi connectivity index (χ1) is 27.0. The number of ether oxygens (including phenoxy) is 3. The van der Waals surface area contributed by atoms with Crippen LogP contribution in [0, 0.1) is 5.92 Å². The van der Waals surface area contributed by atoms with Crippen molar-refractivity contribution in [1.29, 1.82) is 0 Å². The largest absolute Gasteiger partial charge is 0.457 e. The average molecular weight is 731 g/mol. The fraction of sp³-hybridized carbons (Fsp3) is 0.174. The Morgan fingerprint density at radius 1 is 0.764 bits per heavy atom. The number of rotatable bonds is 11. The van der Waals surface area contributed by atoms with E-state index < -0.39 is 6.29 Å². The van der Waals surface area contributed by atoms with E-state index in [1.807, 2.05) is 134 Å². The Bertz CT molecular complexity index is 2340. The lowest BCUT2D eigenvalue weighted by atomic mass is 9.90. The molecule has 3 N–H and O–H groups in total. The molecular formula is C46H42N4O5. The van der Waals surface area contributed by atoms with Gasteiger partial charge in [0, 0.05) is 23.7 Å². The first-order valence-electron chi connectivity index (χ1n) is 18.5. The van der Waals surface area contributed by atoms with E-state index in [1.165, 1.54) is 0 Å². The molecule has 1 aliphatic rings. The number of carbonyl (C=O) groups excluding carboxylic acids is 1. The van der Waals surface area contributed by atoms with Crippen LogP contribution in [0.25, 0.3) is 22.2 Å². The number of carbonyl (C=O) groups is 1. The van der Waals surface area contributed by atoms with E-state index >= 15 is 0 Å². The monoisotopic (exact) mass is 730 g/mol. The number of aliphatic hydroxyl groups is 1. The highest BCUT2D eigenvalue weighted by molar-refractivity contribution is 5.89. The number of hydrogen-bond donors (Lipinski definition) is 3. The standard InChI is InChI=1S/C46H42N4O5/c1-31-43(28-50-30-48-41-13-7-8-14-42(41)50)54-45(55-44(31)34-17-15-32(29-51)16-18-34)35-21-19-33(20-22-35)40-12-6-5-9-36(40)27-47-46(52)49-37-23-25-39(26-24-37)53-38-10-3-2-4-11-38/h2-26,30-31,43-45,51H,27-29H2,1H3,(H2,47,49,52)/t31-,43+,44+,45+/m0/s1. The molecule has 6 aromatic carbocycles. The minimum absolute atomic E-state index is 0.0113. The average Bonchev–Trinajstić information content (AvgIpc) is 3.64. The van der Waals surface area contributed by atoms with Crippen molar-refractivity contribution in [3.05, 3.63) is 180 Å². The molecule has 1 saturated heterocycles. The molecule has 7 aromatic rings. The van der Waals surface area contributed by atoms with Gasteiger partial charge in [-0.05, 0) is 76.3 Å². The highest BCUT2D eigenvalue weighted by Gasteiger charge is 2.38. The van der Waals surface area contributed by atoms with E-state index in [2.05, 4.69) is 51.4 Å². The molecule has 1 aromatic heterocycles. The van der Waals surface area contributed by atoms with Crippen LogP contribution in [0.5, 0.6) is 11.5 Å². The quantitative estimate of drug-likeness (QED) is 0.122. The summed E-state index contributed by atoms with van der Waals surface area (Å²) < 4.78 is 21.5. The molecule has 0 saturated carbocycles. The van der Waals surface area contributed by atoms with Gasteiger partial charge in [-0.3, -0.25) is 0 Å². The second-order valence-corrected chi connectivity index (χ2v) is 13.7. The molecule has 0 aliphatic carbocycles. The fourth-order valence-corrected chi connectivity index (χ4v) is 7.04. The van der Waals surface area contributed by atoms with Crippen molar-refractivity contribution in [2.45, 2.75) is 45.1 Å². The number of benzene rings is 6. The minimum Gasteiger partial charge on any atom is -0.457 e. The zero-order valence-corrected chi connectivity index (χ0v) is 30.4. The van der Waals surface area contributed by atoms with Crippen molar-refractivity contribution >= 4 is 22.8 Å². The van der Waals surface area contributed by atoms with Gasteiger partial charge in [-0.2, -0.15) is 0 Å². The summed E-state index contributed by atoms with van der Waals surface area (Å²) in [7, 11) is 0. The third kappa shape index (κ3) is 8.29. The summed E-state index contributed by atoms with van der Waals surface area (Å²) in [5.74, 6) is 1.46. The summed E-state index contributed by atoms with van der Waals surface area (Å²) in [5.41, 5.74) is 8.47. The van der Waals surface area contributed by atoms with E-state index in [-0.39, 0.29) is 30.8 Å². The molecule has 0 radical (unpaired) electrons. The molecular weight excluding hydrogens is 689 g/mol. The number of imidazole rings is 1. The summed E-state index contributed by atoms with van der Waals surface area (Å²) in [6.45, 7) is 3.11. The van der Waals surface area contributed by atoms with Crippen LogP contribution in [0.2, 0.25) is 0 Å². The maximum absolute atomic E-state index is 12.9. The lowest BCUT2D eigenvalue weighted by Crippen LogP contribution is -2.39. The van der Waals surface area contributed by atoms with Crippen LogP contribution in [-0.2, 0) is 29.2 Å². The number of para-hydroxylation sites is 3. The van der Waals surface area contributed by atoms with Crippen LogP contribution < -0.4 is 15.4 Å². The van der Waals surface area contributed by atoms with Crippen LogP contribution in [0.4, 0.5) is 10.5 Å². The molecule has 4 atom stereocenters. The van der Waals surface area contributed by atoms with Crippen molar-refractivity contribution in [3.63, 3.8) is 0 Å². The Morgan fingerprint density at radius 3 is 2.24 bits per heavy atom. The van der Waals surface area contributed by atoms with Gasteiger partial charge in [0.2, 0.25) is 0 Å². The number of amides is 2. The SMILES string of the molecule is C[C@H]1[C@@H](Cn2cnc3ccccc32)O[C@@H](c2ccc(-c3ccccc3CNC(=O)Nc3ccc(Oc4ccccc4)cc3)cc2)O[C@H]1c1ccc(CO)cc1. The highest BCUT2D eigenvalue weighted by atomic mass is 16.7. The van der Waals surface area contributed by atoms with Gasteiger partial charge in [0.05, 0.1) is 42.7 Å². The zero-order valence-electron chi connectivity index (χ0n) is 30.4. The summed E-state index contributed by atoms with van der Waals surface area (Å²) in [5, 5.41) is 15.5. The Labute approximate surface area is 320 Å². The van der Waals surface area contributed by atoms with E-state index in [0.717, 1.165) is 50.2 Å². The van der Waals surface area contributed by atoms with Crippen molar-refractivity contribution < 1.29 is 24.1 Å². The first-order valence-corrected chi connectivity index (χ1v) is 18.5. The molecule has 55 heavy (non-hydrogen) atoms. The normalized spacial score (nSPS) is 18.1. The number of aliphatic hydroxyl groups excluding tert-OH is 1. The number of fused-ring (bicyclic) bond motifs is 1. The second-order valence-electron chi connectivity index (χ2n) is 13.7. The van der Waals surface area contributed by atoms with Gasteiger partial charge < -0.3 is 34.5 Å². The third-order valence-electron chi connectivity index (χ3n) is 10.1. The Morgan fingerprint density at radius 2 is 1.45 bits per heavy atom. The molecule has 276 valence electrons. The molecule has 2 heterocycles. The van der Waals surface area contributed by atoms with Gasteiger partial charge >= 0.3 is 6.03 Å². The Balaban J connectivity index is 0.957. The smallest absolute Gasteiger partial charge is 0.319 e. The first kappa shape index (κ1) is 35.8. The van der Waals surface area contributed by atoms with E-state index in [0.29, 0.717) is 24.5 Å². The lowest BCUT2D eigenvalue weighted by molar-refractivity contribution is -0.276. The summed E-state index contributed by atoms with van der Waals surface area (Å²) in [4.78, 5) is 17.5. The van der Waals surface area contributed by atoms with Crippen LogP contribution in [-0.4, -0.2) is 26.8 Å². The van der Waals surface area contributed by atoms with Crippen LogP contribution in [0.1, 0.15) is 41.6 Å². The van der Waals surface area contributed by atoms with Gasteiger partial charge in [0.1, 0.15) is 11.5 Å².